The van der Waals surface area contributed by atoms with Crippen molar-refractivity contribution in [3.05, 3.63) is 22.3 Å². The molecule has 0 bridgehead atoms. The van der Waals surface area contributed by atoms with Crippen LogP contribution in [-0.4, -0.2) is 36.1 Å². The van der Waals surface area contributed by atoms with Crippen molar-refractivity contribution < 1.29 is 32.4 Å². The molecule has 4 N–H and O–H groups in total. The Bertz CT molecular complexity index is 559. The van der Waals surface area contributed by atoms with E-state index in [0.717, 1.165) is 13.0 Å². The minimum atomic E-state index is -4.80. The highest BCUT2D eigenvalue weighted by atomic mass is 32.2. The van der Waals surface area contributed by atoms with Gasteiger partial charge in [-0.05, 0) is 26.3 Å². The van der Waals surface area contributed by atoms with Gasteiger partial charge in [-0.3, -0.25) is 9.35 Å². The van der Waals surface area contributed by atoms with Crippen LogP contribution in [0.4, 0.5) is 0 Å². The van der Waals surface area contributed by atoms with Gasteiger partial charge in [-0.15, -0.1) is 0 Å². The molecule has 0 saturated carbocycles. The van der Waals surface area contributed by atoms with Gasteiger partial charge in [-0.2, -0.15) is 8.42 Å². The molecule has 0 saturated heterocycles. The zero-order valence-electron chi connectivity index (χ0n) is 11.3. The van der Waals surface area contributed by atoms with Crippen LogP contribution in [0.15, 0.2) is 22.3 Å². The topological polar surface area (TPSA) is 144 Å². The number of amides is 1. The fraction of sp³-hybridized carbons (Fsp3) is 0.455. The standard InChI is InChI=1S/C11H17NO7S/c1-4-7(13)11(15)19-8(5-2)9(20(16,17)18)6(3)10(12)14/h4,8,13H,5H2,1-3H3,(H2,12,14)(H,16,17,18)/b7-4-,9-6+. The van der Waals surface area contributed by atoms with Crippen LogP contribution < -0.4 is 5.73 Å². The Morgan fingerprint density at radius 1 is 1.40 bits per heavy atom. The SMILES string of the molecule is C/C=C(\O)C(=O)OC(CC)/C(=C(/C)C(N)=O)S(=O)(=O)O. The molecular weight excluding hydrogens is 290 g/mol. The fourth-order valence-corrected chi connectivity index (χ4v) is 2.39. The number of esters is 1. The monoisotopic (exact) mass is 307 g/mol. The molecule has 0 aliphatic carbocycles. The van der Waals surface area contributed by atoms with Gasteiger partial charge in [-0.1, -0.05) is 6.92 Å². The van der Waals surface area contributed by atoms with Crippen molar-refractivity contribution in [2.75, 3.05) is 0 Å². The van der Waals surface area contributed by atoms with Gasteiger partial charge in [0.15, 0.2) is 5.76 Å². The number of hydrogen-bond donors (Lipinski definition) is 3. The van der Waals surface area contributed by atoms with E-state index in [1.165, 1.54) is 13.8 Å². The first-order chi connectivity index (χ1) is 9.06. The lowest BCUT2D eigenvalue weighted by molar-refractivity contribution is -0.145. The summed E-state index contributed by atoms with van der Waals surface area (Å²) >= 11 is 0. The van der Waals surface area contributed by atoms with E-state index in [1.54, 1.807) is 0 Å². The van der Waals surface area contributed by atoms with Crippen molar-refractivity contribution in [1.82, 2.24) is 0 Å². The Balaban J connectivity index is 5.75. The van der Waals surface area contributed by atoms with Gasteiger partial charge in [0.1, 0.15) is 11.0 Å². The summed E-state index contributed by atoms with van der Waals surface area (Å²) in [6.07, 6.45) is -0.443. The van der Waals surface area contributed by atoms with Crippen LogP contribution in [0.3, 0.4) is 0 Å². The first-order valence-electron chi connectivity index (χ1n) is 5.60. The first kappa shape index (κ1) is 18.1. The average Bonchev–Trinajstić information content (AvgIpc) is 2.34. The maximum Gasteiger partial charge on any atom is 0.373 e. The molecule has 0 spiro atoms. The molecule has 20 heavy (non-hydrogen) atoms. The zero-order valence-corrected chi connectivity index (χ0v) is 12.1. The summed E-state index contributed by atoms with van der Waals surface area (Å²) in [4.78, 5) is 21.7. The van der Waals surface area contributed by atoms with E-state index in [0.29, 0.717) is 0 Å². The maximum absolute atomic E-state index is 11.4. The smallest absolute Gasteiger partial charge is 0.373 e. The Kier molecular flexibility index (Phi) is 6.40. The highest BCUT2D eigenvalue weighted by Crippen LogP contribution is 2.21. The number of rotatable bonds is 6. The van der Waals surface area contributed by atoms with E-state index < -0.39 is 44.3 Å². The highest BCUT2D eigenvalue weighted by molar-refractivity contribution is 7.89. The Morgan fingerprint density at radius 2 is 1.90 bits per heavy atom. The zero-order chi connectivity index (χ0) is 16.1. The number of allylic oxidation sites excluding steroid dienone is 1. The quantitative estimate of drug-likeness (QED) is 0.279. The first-order valence-corrected chi connectivity index (χ1v) is 7.04. The predicted octanol–water partition coefficient (Wildman–Crippen LogP) is 0.417. The molecule has 0 rings (SSSR count). The molecule has 0 fully saturated rings. The molecule has 0 aliphatic rings. The average molecular weight is 307 g/mol. The molecule has 8 nitrogen and oxygen atoms in total. The molecule has 1 unspecified atom stereocenters. The summed E-state index contributed by atoms with van der Waals surface area (Å²) in [6, 6.07) is 0. The van der Waals surface area contributed by atoms with Gasteiger partial charge in [-0.25, -0.2) is 4.79 Å². The van der Waals surface area contributed by atoms with Gasteiger partial charge in [0.25, 0.3) is 10.1 Å². The van der Waals surface area contributed by atoms with Crippen molar-refractivity contribution in [2.45, 2.75) is 33.3 Å². The molecule has 1 atom stereocenters. The van der Waals surface area contributed by atoms with Crippen molar-refractivity contribution in [3.8, 4) is 0 Å². The van der Waals surface area contributed by atoms with Gasteiger partial charge >= 0.3 is 5.97 Å². The lowest BCUT2D eigenvalue weighted by Crippen LogP contribution is -2.29. The van der Waals surface area contributed by atoms with Gasteiger partial charge in [0.05, 0.1) is 0 Å². The molecule has 0 heterocycles. The fourth-order valence-electron chi connectivity index (χ4n) is 1.35. The van der Waals surface area contributed by atoms with E-state index in [4.69, 9.17) is 15.0 Å². The van der Waals surface area contributed by atoms with E-state index in [-0.39, 0.29) is 6.42 Å². The third kappa shape index (κ3) is 4.67. The number of aliphatic hydroxyl groups excluding tert-OH is 1. The second kappa shape index (κ2) is 7.06. The van der Waals surface area contributed by atoms with Crippen LogP contribution in [0.25, 0.3) is 0 Å². The summed E-state index contributed by atoms with van der Waals surface area (Å²) in [5.74, 6) is -2.99. The van der Waals surface area contributed by atoms with Crippen LogP contribution in [0.1, 0.15) is 27.2 Å². The summed E-state index contributed by atoms with van der Waals surface area (Å²) in [5.41, 5.74) is 4.52. The van der Waals surface area contributed by atoms with Crippen molar-refractivity contribution in [3.63, 3.8) is 0 Å². The summed E-state index contributed by atoms with van der Waals surface area (Å²) in [7, 11) is -4.80. The van der Waals surface area contributed by atoms with Crippen LogP contribution in [-0.2, 0) is 24.4 Å². The Hall–Kier alpha value is -1.87. The number of carbonyl (C=O) groups is 2. The molecule has 0 radical (unpaired) electrons. The normalized spacial score (nSPS) is 15.3. The second-order valence-electron chi connectivity index (χ2n) is 3.80. The Labute approximate surface area is 116 Å². The predicted molar refractivity (Wildman–Crippen MR) is 70.0 cm³/mol. The lowest BCUT2D eigenvalue weighted by Gasteiger charge is -2.18. The van der Waals surface area contributed by atoms with E-state index in [9.17, 15) is 23.1 Å². The largest absolute Gasteiger partial charge is 0.502 e. The molecule has 0 aromatic rings. The summed E-state index contributed by atoms with van der Waals surface area (Å²) in [6.45, 7) is 3.91. The molecule has 0 aromatic heterocycles. The number of hydrogen-bond acceptors (Lipinski definition) is 6. The molecule has 9 heteroatoms. The minimum absolute atomic E-state index is 0.0531. The number of nitrogens with two attached hydrogens (primary N) is 1. The number of carbonyl (C=O) groups excluding carboxylic acids is 2. The minimum Gasteiger partial charge on any atom is -0.502 e. The molecule has 0 aliphatic heterocycles. The molecular formula is C11H17NO7S. The molecule has 1 amide bonds. The molecule has 0 aromatic carbocycles. The van der Waals surface area contributed by atoms with E-state index in [2.05, 4.69) is 0 Å². The molecule has 114 valence electrons. The van der Waals surface area contributed by atoms with Crippen LogP contribution in [0.5, 0.6) is 0 Å². The van der Waals surface area contributed by atoms with Crippen LogP contribution >= 0.6 is 0 Å². The van der Waals surface area contributed by atoms with Crippen molar-refractivity contribution in [1.29, 1.82) is 0 Å². The third-order valence-corrected chi connectivity index (χ3v) is 3.54. The van der Waals surface area contributed by atoms with Crippen LogP contribution in [0, 0.1) is 0 Å². The van der Waals surface area contributed by atoms with Gasteiger partial charge in [0.2, 0.25) is 5.91 Å². The van der Waals surface area contributed by atoms with Crippen LogP contribution in [0.2, 0.25) is 0 Å². The number of ether oxygens (including phenoxy) is 1. The van der Waals surface area contributed by atoms with Crippen molar-refractivity contribution in [2.24, 2.45) is 5.73 Å². The van der Waals surface area contributed by atoms with Gasteiger partial charge < -0.3 is 15.6 Å². The second-order valence-corrected chi connectivity index (χ2v) is 5.19. The summed E-state index contributed by atoms with van der Waals surface area (Å²) < 4.78 is 36.5. The van der Waals surface area contributed by atoms with Crippen molar-refractivity contribution >= 4 is 22.0 Å². The number of primary amides is 1. The maximum atomic E-state index is 11.4. The number of aliphatic hydroxyl groups is 1. The van der Waals surface area contributed by atoms with E-state index >= 15 is 0 Å². The Morgan fingerprint density at radius 3 is 2.20 bits per heavy atom. The third-order valence-electron chi connectivity index (χ3n) is 2.41. The van der Waals surface area contributed by atoms with Gasteiger partial charge in [0, 0.05) is 5.57 Å². The van der Waals surface area contributed by atoms with E-state index in [1.807, 2.05) is 0 Å². The highest BCUT2D eigenvalue weighted by Gasteiger charge is 2.31. The lowest BCUT2D eigenvalue weighted by atomic mass is 10.1. The summed E-state index contributed by atoms with van der Waals surface area (Å²) in [5, 5.41) is 9.17.